The second-order valence-electron chi connectivity index (χ2n) is 18.6. The van der Waals surface area contributed by atoms with Crippen molar-refractivity contribution in [1.82, 2.24) is 20.6 Å². The van der Waals surface area contributed by atoms with Gasteiger partial charge < -0.3 is 31.6 Å². The van der Waals surface area contributed by atoms with Crippen molar-refractivity contribution in [3.63, 3.8) is 0 Å². The number of nitrogen functional groups attached to an aromatic ring is 2. The van der Waals surface area contributed by atoms with E-state index in [0.29, 0.717) is 47.0 Å². The van der Waals surface area contributed by atoms with Crippen LogP contribution >= 0.6 is 0 Å². The summed E-state index contributed by atoms with van der Waals surface area (Å²) >= 11 is 0. The highest BCUT2D eigenvalue weighted by Crippen LogP contribution is 2.56. The van der Waals surface area contributed by atoms with Crippen molar-refractivity contribution >= 4 is 23.5 Å². The molecule has 2 amide bonds. The fraction of sp³-hybridized carbons (Fsp3) is 0.172. The van der Waals surface area contributed by atoms with Crippen LogP contribution in [0, 0.1) is 51.0 Å². The summed E-state index contributed by atoms with van der Waals surface area (Å²) in [5, 5.41) is 5.95. The number of aromatic nitrogens is 2. The van der Waals surface area contributed by atoms with Crippen LogP contribution in [0.15, 0.2) is 121 Å². The summed E-state index contributed by atoms with van der Waals surface area (Å²) < 4.78 is 68.8. The van der Waals surface area contributed by atoms with Crippen LogP contribution in [0.4, 0.5) is 29.2 Å². The molecular formula is C58H46F4N6O4. The van der Waals surface area contributed by atoms with Gasteiger partial charge in [-0.3, -0.25) is 9.59 Å². The maximum Gasteiger partial charge on any atom is 0.251 e. The second kappa shape index (κ2) is 17.9. The molecule has 4 atom stereocenters. The molecular weight excluding hydrogens is 921 g/mol. The summed E-state index contributed by atoms with van der Waals surface area (Å²) in [4.78, 5) is 34.5. The van der Waals surface area contributed by atoms with Gasteiger partial charge in [0.05, 0.1) is 0 Å². The van der Waals surface area contributed by atoms with Crippen LogP contribution in [0.3, 0.4) is 0 Å². The van der Waals surface area contributed by atoms with Crippen LogP contribution in [-0.2, 0) is 22.6 Å². The molecule has 6 heterocycles. The monoisotopic (exact) mass is 966 g/mol. The Kier molecular flexibility index (Phi) is 11.5. The van der Waals surface area contributed by atoms with Crippen LogP contribution in [0.2, 0.25) is 0 Å². The number of hydrogen-bond donors (Lipinski definition) is 4. The van der Waals surface area contributed by atoms with Crippen molar-refractivity contribution in [3.8, 4) is 22.3 Å². The molecule has 0 spiro atoms. The topological polar surface area (TPSA) is 154 Å². The number of rotatable bonds is 8. The zero-order valence-electron chi connectivity index (χ0n) is 39.5. The normalized spacial score (nSPS) is 17.1. The molecule has 6 aromatic carbocycles. The number of benzene rings is 6. The van der Waals surface area contributed by atoms with Crippen LogP contribution in [0.5, 0.6) is 0 Å². The standard InChI is InChI=1S/2C29H23F2N3O2/c1-14-10-25(32)34-15(2)23(14)13-33-29(35)17-7-9-20-22(12-17)28-19-8-6-16(11-21(19)27(20)36-28)18-4-3-5-24(30)26(18)31;1-14-10-25(32)34-15(2)23(14)13-33-29(35)17-7-9-20-22(12-17)28-21-11-16(6-8-19(21)27(20)36-28)18-4-3-5-24(30)26(18)31/h2*3-12,27-28H,13H2,1-2H3,(H2,32,34)(H,33,35). The molecule has 4 aliphatic heterocycles. The Hall–Kier alpha value is -8.20. The molecule has 0 saturated carbocycles. The maximum atomic E-state index is 14.4. The number of anilines is 2. The minimum atomic E-state index is -0.882. The average molecular weight is 967 g/mol. The fourth-order valence-electron chi connectivity index (χ4n) is 10.6. The smallest absolute Gasteiger partial charge is 0.251 e. The van der Waals surface area contributed by atoms with E-state index in [4.69, 9.17) is 20.9 Å². The number of halogens is 4. The SMILES string of the molecule is Cc1cc(N)nc(C)c1CNC(=O)c1ccc2c(c1)C1OC2c2cc(-c3cccc(F)c3F)ccc21.Cc1cc(N)nc(C)c1CNC(=O)c1ccc2c(c1)C1OC2c2ccc(-c3cccc(F)c3F)cc21. The van der Waals surface area contributed by atoms with E-state index in [-0.39, 0.29) is 47.4 Å². The fourth-order valence-corrected chi connectivity index (χ4v) is 10.6. The molecule has 6 N–H and O–H groups in total. The maximum absolute atomic E-state index is 14.4. The van der Waals surface area contributed by atoms with Gasteiger partial charge in [-0.2, -0.15) is 0 Å². The summed E-state index contributed by atoms with van der Waals surface area (Å²) in [5.74, 6) is -2.97. The van der Waals surface area contributed by atoms with Gasteiger partial charge in [0, 0.05) is 46.7 Å². The number of carbonyl (C=O) groups is 2. The van der Waals surface area contributed by atoms with Crippen molar-refractivity contribution < 1.29 is 36.6 Å². The summed E-state index contributed by atoms with van der Waals surface area (Å²) in [6, 6.07) is 34.2. The number of aryl methyl sites for hydroxylation is 4. The third kappa shape index (κ3) is 7.92. The Balaban J connectivity index is 0.000000156. The van der Waals surface area contributed by atoms with Crippen LogP contribution in [-0.4, -0.2) is 21.8 Å². The highest BCUT2D eigenvalue weighted by atomic mass is 19.2. The lowest BCUT2D eigenvalue weighted by atomic mass is 9.83. The molecule has 360 valence electrons. The lowest BCUT2D eigenvalue weighted by Crippen LogP contribution is -2.24. The Morgan fingerprint density at radius 2 is 0.847 bits per heavy atom. The number of nitrogens with two attached hydrogens (primary N) is 2. The van der Waals surface area contributed by atoms with Gasteiger partial charge in [0.25, 0.3) is 11.8 Å². The number of amides is 2. The largest absolute Gasteiger partial charge is 0.384 e. The quantitative estimate of drug-likeness (QED) is 0.110. The van der Waals surface area contributed by atoms with Gasteiger partial charge in [-0.05, 0) is 166 Å². The van der Waals surface area contributed by atoms with Gasteiger partial charge in [0.15, 0.2) is 23.3 Å². The molecule has 0 radical (unpaired) electrons. The van der Waals surface area contributed by atoms with E-state index >= 15 is 0 Å². The lowest BCUT2D eigenvalue weighted by molar-refractivity contribution is 0.0856. The molecule has 4 unspecified atom stereocenters. The van der Waals surface area contributed by atoms with Crippen molar-refractivity contribution in [2.75, 3.05) is 11.5 Å². The van der Waals surface area contributed by atoms with E-state index in [1.165, 1.54) is 12.1 Å². The Labute approximate surface area is 412 Å². The van der Waals surface area contributed by atoms with Crippen LogP contribution < -0.4 is 22.1 Å². The number of hydrogen-bond acceptors (Lipinski definition) is 8. The Morgan fingerprint density at radius 1 is 0.486 bits per heavy atom. The zero-order chi connectivity index (χ0) is 50.3. The molecule has 8 aromatic rings. The number of fused-ring (bicyclic) bond motifs is 16. The average Bonchev–Trinajstić information content (AvgIpc) is 4.14. The van der Waals surface area contributed by atoms with E-state index in [2.05, 4.69) is 20.6 Å². The number of pyridine rings is 2. The van der Waals surface area contributed by atoms with Gasteiger partial charge in [-0.15, -0.1) is 0 Å². The van der Waals surface area contributed by atoms with Crippen molar-refractivity contribution in [2.24, 2.45) is 0 Å². The molecule has 0 fully saturated rings. The predicted molar refractivity (Wildman–Crippen MR) is 265 cm³/mol. The number of nitrogens with zero attached hydrogens (tertiary/aromatic N) is 2. The first-order chi connectivity index (χ1) is 34.6. The molecule has 14 heteroatoms. The van der Waals surface area contributed by atoms with E-state index in [0.717, 1.165) is 90.3 Å². The molecule has 10 nitrogen and oxygen atoms in total. The summed E-state index contributed by atoms with van der Waals surface area (Å²) in [5.41, 5.74) is 27.4. The number of carbonyl (C=O) groups excluding carboxylic acids is 2. The summed E-state index contributed by atoms with van der Waals surface area (Å²) in [7, 11) is 0. The van der Waals surface area contributed by atoms with Crippen LogP contribution in [0.1, 0.15) is 123 Å². The molecule has 12 rings (SSSR count). The third-order valence-corrected chi connectivity index (χ3v) is 14.2. The molecule has 2 aromatic heterocycles. The van der Waals surface area contributed by atoms with Gasteiger partial charge in [0.1, 0.15) is 36.1 Å². The van der Waals surface area contributed by atoms with Gasteiger partial charge in [-0.25, -0.2) is 27.5 Å². The van der Waals surface area contributed by atoms with Crippen molar-refractivity contribution in [1.29, 1.82) is 0 Å². The second-order valence-corrected chi connectivity index (χ2v) is 18.6. The summed E-state index contributed by atoms with van der Waals surface area (Å²) in [6.45, 7) is 8.33. The summed E-state index contributed by atoms with van der Waals surface area (Å²) in [6.07, 6.45) is -1.21. The van der Waals surface area contributed by atoms with E-state index in [1.54, 1.807) is 48.5 Å². The van der Waals surface area contributed by atoms with Crippen molar-refractivity contribution in [3.05, 3.63) is 234 Å². The first kappa shape index (κ1) is 46.2. The van der Waals surface area contributed by atoms with E-state index < -0.39 is 23.3 Å². The predicted octanol–water partition coefficient (Wildman–Crippen LogP) is 11.4. The van der Waals surface area contributed by atoms with Gasteiger partial charge in [-0.1, -0.05) is 60.7 Å². The van der Waals surface area contributed by atoms with Gasteiger partial charge in [0.2, 0.25) is 0 Å². The van der Waals surface area contributed by atoms with E-state index in [9.17, 15) is 27.2 Å². The van der Waals surface area contributed by atoms with E-state index in [1.807, 2.05) is 76.2 Å². The number of ether oxygens (including phenoxy) is 2. The number of nitrogens with one attached hydrogen (secondary N) is 2. The first-order valence-electron chi connectivity index (χ1n) is 23.4. The highest BCUT2D eigenvalue weighted by Gasteiger charge is 2.44. The molecule has 0 aliphatic carbocycles. The highest BCUT2D eigenvalue weighted by molar-refractivity contribution is 5.95. The van der Waals surface area contributed by atoms with Gasteiger partial charge >= 0.3 is 0 Å². The molecule has 4 aliphatic rings. The Bertz CT molecular complexity index is 3560. The van der Waals surface area contributed by atoms with Crippen molar-refractivity contribution in [2.45, 2.75) is 65.2 Å². The third-order valence-electron chi connectivity index (χ3n) is 14.2. The lowest BCUT2D eigenvalue weighted by Gasteiger charge is -2.18. The molecule has 4 bridgehead atoms. The Morgan fingerprint density at radius 3 is 1.25 bits per heavy atom. The zero-order valence-corrected chi connectivity index (χ0v) is 39.5. The molecule has 72 heavy (non-hydrogen) atoms. The van der Waals surface area contributed by atoms with Crippen LogP contribution in [0.25, 0.3) is 22.3 Å². The first-order valence-corrected chi connectivity index (χ1v) is 23.4. The minimum absolute atomic E-state index is 0.187. The minimum Gasteiger partial charge on any atom is -0.384 e. The molecule has 0 saturated heterocycles.